The van der Waals surface area contributed by atoms with Gasteiger partial charge in [0, 0.05) is 11.6 Å². The van der Waals surface area contributed by atoms with E-state index in [1.165, 1.54) is 24.3 Å². The molecule has 0 heterocycles. The van der Waals surface area contributed by atoms with E-state index >= 15 is 0 Å². The predicted molar refractivity (Wildman–Crippen MR) is 71.2 cm³/mol. The third kappa shape index (κ3) is 3.82. The van der Waals surface area contributed by atoms with Gasteiger partial charge >= 0.3 is 6.03 Å². The minimum absolute atomic E-state index is 0.0783. The van der Waals surface area contributed by atoms with Crippen molar-refractivity contribution in [2.45, 2.75) is 18.2 Å². The SMILES string of the molecule is CCCNC(=O)N(OC)S(=O)(=O)c1ccc(Cl)cc1. The summed E-state index contributed by atoms with van der Waals surface area (Å²) >= 11 is 5.69. The lowest BCUT2D eigenvalue weighted by Crippen LogP contribution is -2.43. The summed E-state index contributed by atoms with van der Waals surface area (Å²) < 4.78 is 24.7. The topological polar surface area (TPSA) is 75.7 Å². The smallest absolute Gasteiger partial charge is 0.335 e. The Morgan fingerprint density at radius 1 is 1.37 bits per heavy atom. The van der Waals surface area contributed by atoms with Gasteiger partial charge in [0.15, 0.2) is 0 Å². The summed E-state index contributed by atoms with van der Waals surface area (Å²) in [6, 6.07) is 4.62. The monoisotopic (exact) mass is 306 g/mol. The van der Waals surface area contributed by atoms with Crippen LogP contribution in [0.25, 0.3) is 0 Å². The molecule has 0 spiro atoms. The molecule has 1 aromatic carbocycles. The van der Waals surface area contributed by atoms with Gasteiger partial charge in [0.05, 0.1) is 12.0 Å². The van der Waals surface area contributed by atoms with Gasteiger partial charge in [0.25, 0.3) is 10.0 Å². The van der Waals surface area contributed by atoms with Crippen LogP contribution in [0.4, 0.5) is 4.79 Å². The minimum Gasteiger partial charge on any atom is -0.335 e. The number of nitrogens with one attached hydrogen (secondary N) is 1. The number of nitrogens with zero attached hydrogens (tertiary/aromatic N) is 1. The predicted octanol–water partition coefficient (Wildman–Crippen LogP) is 2.01. The second-order valence-corrected chi connectivity index (χ2v) is 5.79. The molecule has 0 unspecified atom stereocenters. The molecule has 2 amide bonds. The summed E-state index contributed by atoms with van der Waals surface area (Å²) in [6.45, 7) is 2.21. The van der Waals surface area contributed by atoms with E-state index in [0.717, 1.165) is 7.11 Å². The van der Waals surface area contributed by atoms with Gasteiger partial charge in [-0.1, -0.05) is 23.0 Å². The zero-order chi connectivity index (χ0) is 14.5. The van der Waals surface area contributed by atoms with Gasteiger partial charge in [-0.2, -0.15) is 8.42 Å². The Bertz CT molecular complexity index is 530. The zero-order valence-electron chi connectivity index (χ0n) is 10.6. The Hall–Kier alpha value is -1.31. The van der Waals surface area contributed by atoms with Crippen LogP contribution < -0.4 is 5.32 Å². The number of benzene rings is 1. The molecule has 0 fully saturated rings. The second kappa shape index (κ2) is 6.74. The third-order valence-electron chi connectivity index (χ3n) is 2.19. The standard InChI is InChI=1S/C11H15ClN2O4S/c1-3-8-13-11(15)14(18-2)19(16,17)10-6-4-9(12)5-7-10/h4-7H,3,8H2,1-2H3,(H,13,15). The third-order valence-corrected chi connectivity index (χ3v) is 4.06. The summed E-state index contributed by atoms with van der Waals surface area (Å²) in [6.07, 6.45) is 0.685. The number of hydroxylamine groups is 1. The highest BCUT2D eigenvalue weighted by Gasteiger charge is 2.29. The second-order valence-electron chi connectivity index (χ2n) is 3.60. The molecule has 0 saturated carbocycles. The molecule has 0 radical (unpaired) electrons. The van der Waals surface area contributed by atoms with Crippen LogP contribution in [0, 0.1) is 0 Å². The molecule has 0 aliphatic rings. The quantitative estimate of drug-likeness (QED) is 0.844. The number of halogens is 1. The van der Waals surface area contributed by atoms with Crippen LogP contribution in [0.2, 0.25) is 5.02 Å². The summed E-state index contributed by atoms with van der Waals surface area (Å²) in [4.78, 5) is 16.3. The molecule has 0 atom stereocenters. The molecule has 1 N–H and O–H groups in total. The van der Waals surface area contributed by atoms with Gasteiger partial charge in [-0.25, -0.2) is 4.79 Å². The Kier molecular flexibility index (Phi) is 5.59. The van der Waals surface area contributed by atoms with Crippen molar-refractivity contribution >= 4 is 27.7 Å². The molecule has 1 rings (SSSR count). The molecule has 8 heteroatoms. The maximum absolute atomic E-state index is 12.2. The number of rotatable bonds is 5. The van der Waals surface area contributed by atoms with Crippen LogP contribution >= 0.6 is 11.6 Å². The fourth-order valence-electron chi connectivity index (χ4n) is 1.29. The van der Waals surface area contributed by atoms with E-state index in [4.69, 9.17) is 11.6 Å². The lowest BCUT2D eigenvalue weighted by atomic mass is 10.4. The van der Waals surface area contributed by atoms with Crippen molar-refractivity contribution in [1.29, 1.82) is 0 Å². The van der Waals surface area contributed by atoms with Crippen LogP contribution in [0.1, 0.15) is 13.3 Å². The Morgan fingerprint density at radius 2 is 1.95 bits per heavy atom. The average molecular weight is 307 g/mol. The van der Waals surface area contributed by atoms with Gasteiger partial charge in [-0.05, 0) is 30.7 Å². The molecular formula is C11H15ClN2O4S. The Morgan fingerprint density at radius 3 is 2.42 bits per heavy atom. The number of hydrogen-bond acceptors (Lipinski definition) is 4. The van der Waals surface area contributed by atoms with Crippen molar-refractivity contribution in [3.8, 4) is 0 Å². The Balaban J connectivity index is 3.02. The van der Waals surface area contributed by atoms with E-state index in [1.54, 1.807) is 0 Å². The molecule has 0 aliphatic carbocycles. The van der Waals surface area contributed by atoms with Crippen LogP contribution in [0.5, 0.6) is 0 Å². The van der Waals surface area contributed by atoms with Crippen LogP contribution in [-0.4, -0.2) is 32.6 Å². The van der Waals surface area contributed by atoms with E-state index in [9.17, 15) is 13.2 Å². The van der Waals surface area contributed by atoms with E-state index in [1.807, 2.05) is 6.92 Å². The van der Waals surface area contributed by atoms with Crippen molar-refractivity contribution in [1.82, 2.24) is 9.79 Å². The molecule has 0 saturated heterocycles. The fourth-order valence-corrected chi connectivity index (χ4v) is 2.57. The van der Waals surface area contributed by atoms with Gasteiger partial charge in [-0.3, -0.25) is 4.84 Å². The summed E-state index contributed by atoms with van der Waals surface area (Å²) in [5, 5.41) is 2.83. The van der Waals surface area contributed by atoms with E-state index in [2.05, 4.69) is 10.2 Å². The van der Waals surface area contributed by atoms with Gasteiger partial charge in [0.1, 0.15) is 0 Å². The molecule has 19 heavy (non-hydrogen) atoms. The highest BCUT2D eigenvalue weighted by Crippen LogP contribution is 2.18. The first-order chi connectivity index (χ1) is 8.93. The highest BCUT2D eigenvalue weighted by molar-refractivity contribution is 7.89. The number of carbonyl (C=O) groups excluding carboxylic acids is 1. The van der Waals surface area contributed by atoms with Crippen molar-refractivity contribution in [3.05, 3.63) is 29.3 Å². The first-order valence-corrected chi connectivity index (χ1v) is 7.38. The van der Waals surface area contributed by atoms with Crippen molar-refractivity contribution in [2.75, 3.05) is 13.7 Å². The molecule has 0 aromatic heterocycles. The normalized spacial score (nSPS) is 11.1. The van der Waals surface area contributed by atoms with E-state index in [0.29, 0.717) is 22.5 Å². The minimum atomic E-state index is -4.06. The number of hydrogen-bond donors (Lipinski definition) is 1. The van der Waals surface area contributed by atoms with Gasteiger partial charge in [0.2, 0.25) is 0 Å². The maximum Gasteiger partial charge on any atom is 0.356 e. The van der Waals surface area contributed by atoms with E-state index < -0.39 is 16.1 Å². The van der Waals surface area contributed by atoms with Crippen LogP contribution in [-0.2, 0) is 14.9 Å². The van der Waals surface area contributed by atoms with Crippen LogP contribution in [0.3, 0.4) is 0 Å². The zero-order valence-corrected chi connectivity index (χ0v) is 12.2. The van der Waals surface area contributed by atoms with Crippen LogP contribution in [0.15, 0.2) is 29.2 Å². The fraction of sp³-hybridized carbons (Fsp3) is 0.364. The number of carbonyl (C=O) groups is 1. The summed E-state index contributed by atoms with van der Waals surface area (Å²) in [7, 11) is -2.95. The van der Waals surface area contributed by atoms with E-state index in [-0.39, 0.29) is 4.90 Å². The van der Waals surface area contributed by atoms with Gasteiger partial charge < -0.3 is 5.32 Å². The van der Waals surface area contributed by atoms with Crippen molar-refractivity contribution < 1.29 is 18.0 Å². The molecule has 6 nitrogen and oxygen atoms in total. The van der Waals surface area contributed by atoms with Gasteiger partial charge in [-0.15, -0.1) is 0 Å². The van der Waals surface area contributed by atoms with Crippen molar-refractivity contribution in [3.63, 3.8) is 0 Å². The summed E-state index contributed by atoms with van der Waals surface area (Å²) in [5.41, 5.74) is 0. The maximum atomic E-state index is 12.2. The lowest BCUT2D eigenvalue weighted by Gasteiger charge is -2.19. The first-order valence-electron chi connectivity index (χ1n) is 5.56. The average Bonchev–Trinajstić information content (AvgIpc) is 2.37. The molecule has 0 aliphatic heterocycles. The molecule has 106 valence electrons. The largest absolute Gasteiger partial charge is 0.356 e. The number of amides is 2. The Labute approximate surface area is 117 Å². The molecule has 1 aromatic rings. The summed E-state index contributed by atoms with van der Waals surface area (Å²) in [5.74, 6) is 0. The number of sulfonamides is 1. The first kappa shape index (κ1) is 15.7. The van der Waals surface area contributed by atoms with Crippen molar-refractivity contribution in [2.24, 2.45) is 0 Å². The lowest BCUT2D eigenvalue weighted by molar-refractivity contribution is -0.0107. The number of urea groups is 1. The highest BCUT2D eigenvalue weighted by atomic mass is 35.5. The molecule has 0 bridgehead atoms. The molecular weight excluding hydrogens is 292 g/mol.